The lowest BCUT2D eigenvalue weighted by Crippen LogP contribution is -2.44. The molecule has 0 atom stereocenters. The van der Waals surface area contributed by atoms with Gasteiger partial charge < -0.3 is 11.1 Å². The first-order valence-electron chi connectivity index (χ1n) is 6.75. The Morgan fingerprint density at radius 3 is 2.00 bits per heavy atom. The molecule has 17 heavy (non-hydrogen) atoms. The van der Waals surface area contributed by atoms with E-state index in [2.05, 4.69) is 38.2 Å². The maximum atomic E-state index is 5.67. The first-order chi connectivity index (χ1) is 8.15. The van der Waals surface area contributed by atoms with Gasteiger partial charge in [0.05, 0.1) is 0 Å². The fraction of sp³-hybridized carbons (Fsp3) is 0.600. The average molecular weight is 234 g/mol. The molecule has 0 aliphatic carbocycles. The predicted octanol–water partition coefficient (Wildman–Crippen LogP) is 3.37. The summed E-state index contributed by atoms with van der Waals surface area (Å²) >= 11 is 0. The Labute approximate surface area is 106 Å². The third-order valence-electron chi connectivity index (χ3n) is 3.92. The molecule has 0 saturated heterocycles. The Morgan fingerprint density at radius 2 is 1.53 bits per heavy atom. The van der Waals surface area contributed by atoms with Crippen molar-refractivity contribution in [3.8, 4) is 0 Å². The molecule has 0 aliphatic rings. The molecular formula is C15H26N2. The van der Waals surface area contributed by atoms with Gasteiger partial charge in [0, 0.05) is 11.2 Å². The summed E-state index contributed by atoms with van der Waals surface area (Å²) < 4.78 is 0. The smallest absolute Gasteiger partial charge is 0.0314 e. The van der Waals surface area contributed by atoms with Crippen molar-refractivity contribution in [2.45, 2.75) is 52.0 Å². The zero-order valence-electron chi connectivity index (χ0n) is 11.4. The molecule has 0 aromatic heterocycles. The van der Waals surface area contributed by atoms with E-state index in [0.29, 0.717) is 5.54 Å². The Balaban J connectivity index is 2.43. The van der Waals surface area contributed by atoms with Crippen molar-refractivity contribution in [2.75, 3.05) is 12.3 Å². The van der Waals surface area contributed by atoms with E-state index in [1.807, 2.05) is 12.1 Å². The number of hydrogen-bond acceptors (Lipinski definition) is 2. The van der Waals surface area contributed by atoms with Gasteiger partial charge in [0.15, 0.2) is 0 Å². The molecule has 2 heteroatoms. The van der Waals surface area contributed by atoms with Crippen LogP contribution in [0.2, 0.25) is 0 Å². The second kappa shape index (κ2) is 6.65. The monoisotopic (exact) mass is 234 g/mol. The number of benzene rings is 1. The normalized spacial score (nSPS) is 11.7. The molecule has 0 aliphatic heterocycles. The Kier molecular flexibility index (Phi) is 5.49. The van der Waals surface area contributed by atoms with Crippen LogP contribution in [0.15, 0.2) is 24.3 Å². The number of nitrogen functional groups attached to an aromatic ring is 1. The van der Waals surface area contributed by atoms with E-state index in [-0.39, 0.29) is 0 Å². The molecule has 0 unspecified atom stereocenters. The number of anilines is 1. The number of hydrogen-bond donors (Lipinski definition) is 2. The molecule has 96 valence electrons. The van der Waals surface area contributed by atoms with Crippen LogP contribution in [0.3, 0.4) is 0 Å². The Morgan fingerprint density at radius 1 is 1.00 bits per heavy atom. The summed E-state index contributed by atoms with van der Waals surface area (Å²) in [7, 11) is 0. The van der Waals surface area contributed by atoms with Gasteiger partial charge in [-0.05, 0) is 49.9 Å². The van der Waals surface area contributed by atoms with Gasteiger partial charge in [-0.1, -0.05) is 32.9 Å². The highest BCUT2D eigenvalue weighted by atomic mass is 15.0. The van der Waals surface area contributed by atoms with Gasteiger partial charge in [-0.15, -0.1) is 0 Å². The van der Waals surface area contributed by atoms with Crippen molar-refractivity contribution in [2.24, 2.45) is 0 Å². The van der Waals surface area contributed by atoms with E-state index in [1.54, 1.807) is 0 Å². The summed E-state index contributed by atoms with van der Waals surface area (Å²) in [5.74, 6) is 0. The molecule has 0 radical (unpaired) electrons. The molecule has 0 bridgehead atoms. The first kappa shape index (κ1) is 14.0. The van der Waals surface area contributed by atoms with Crippen molar-refractivity contribution in [3.05, 3.63) is 29.8 Å². The SMILES string of the molecule is CCC(CC)(CC)NCCc1ccc(N)cc1. The van der Waals surface area contributed by atoms with Crippen LogP contribution in [0.1, 0.15) is 45.6 Å². The van der Waals surface area contributed by atoms with Crippen molar-refractivity contribution in [1.82, 2.24) is 5.32 Å². The van der Waals surface area contributed by atoms with Gasteiger partial charge in [0.25, 0.3) is 0 Å². The van der Waals surface area contributed by atoms with E-state index in [0.717, 1.165) is 18.7 Å². The lowest BCUT2D eigenvalue weighted by atomic mass is 9.89. The van der Waals surface area contributed by atoms with Gasteiger partial charge in [-0.3, -0.25) is 0 Å². The van der Waals surface area contributed by atoms with Gasteiger partial charge in [-0.25, -0.2) is 0 Å². The zero-order valence-corrected chi connectivity index (χ0v) is 11.4. The van der Waals surface area contributed by atoms with Crippen LogP contribution in [0, 0.1) is 0 Å². The van der Waals surface area contributed by atoms with Crippen molar-refractivity contribution < 1.29 is 0 Å². The highest BCUT2D eigenvalue weighted by molar-refractivity contribution is 5.39. The van der Waals surface area contributed by atoms with E-state index in [9.17, 15) is 0 Å². The summed E-state index contributed by atoms with van der Waals surface area (Å²) in [5.41, 5.74) is 8.19. The third kappa shape index (κ3) is 4.04. The fourth-order valence-corrected chi connectivity index (χ4v) is 2.28. The van der Waals surface area contributed by atoms with Crippen molar-refractivity contribution in [1.29, 1.82) is 0 Å². The Hall–Kier alpha value is -1.02. The first-order valence-corrected chi connectivity index (χ1v) is 6.75. The zero-order chi connectivity index (χ0) is 12.7. The largest absolute Gasteiger partial charge is 0.399 e. The lowest BCUT2D eigenvalue weighted by molar-refractivity contribution is 0.292. The highest BCUT2D eigenvalue weighted by Crippen LogP contribution is 2.19. The summed E-state index contributed by atoms with van der Waals surface area (Å²) in [5, 5.41) is 3.71. The van der Waals surface area contributed by atoms with Gasteiger partial charge in [0.1, 0.15) is 0 Å². The molecule has 1 aromatic rings. The molecular weight excluding hydrogens is 208 g/mol. The van der Waals surface area contributed by atoms with Crippen LogP contribution in [-0.2, 0) is 6.42 Å². The second-order valence-electron chi connectivity index (χ2n) is 4.76. The maximum Gasteiger partial charge on any atom is 0.0314 e. The summed E-state index contributed by atoms with van der Waals surface area (Å²) in [6.45, 7) is 7.84. The lowest BCUT2D eigenvalue weighted by Gasteiger charge is -2.32. The molecule has 1 aromatic carbocycles. The Bertz CT molecular complexity index is 304. The van der Waals surface area contributed by atoms with Gasteiger partial charge in [-0.2, -0.15) is 0 Å². The van der Waals surface area contributed by atoms with Gasteiger partial charge >= 0.3 is 0 Å². The average Bonchev–Trinajstić information content (AvgIpc) is 2.38. The summed E-state index contributed by atoms with van der Waals surface area (Å²) in [4.78, 5) is 0. The second-order valence-corrected chi connectivity index (χ2v) is 4.76. The number of rotatable bonds is 7. The van der Waals surface area contributed by atoms with E-state index in [1.165, 1.54) is 24.8 Å². The fourth-order valence-electron chi connectivity index (χ4n) is 2.28. The van der Waals surface area contributed by atoms with Crippen LogP contribution < -0.4 is 11.1 Å². The topological polar surface area (TPSA) is 38.0 Å². The van der Waals surface area contributed by atoms with E-state index < -0.39 is 0 Å². The van der Waals surface area contributed by atoms with Crippen LogP contribution in [0.25, 0.3) is 0 Å². The highest BCUT2D eigenvalue weighted by Gasteiger charge is 2.21. The van der Waals surface area contributed by atoms with Crippen molar-refractivity contribution >= 4 is 5.69 Å². The number of nitrogens with one attached hydrogen (secondary N) is 1. The molecule has 0 spiro atoms. The molecule has 0 fully saturated rings. The predicted molar refractivity (Wildman–Crippen MR) is 76.2 cm³/mol. The molecule has 2 nitrogen and oxygen atoms in total. The molecule has 3 N–H and O–H groups in total. The van der Waals surface area contributed by atoms with E-state index >= 15 is 0 Å². The van der Waals surface area contributed by atoms with E-state index in [4.69, 9.17) is 5.73 Å². The minimum Gasteiger partial charge on any atom is -0.399 e. The standard InChI is InChI=1S/C15H26N2/c1-4-15(5-2,6-3)17-12-11-13-7-9-14(16)10-8-13/h7-10,17H,4-6,11-12,16H2,1-3H3. The molecule has 0 amide bonds. The van der Waals surface area contributed by atoms with Gasteiger partial charge in [0.2, 0.25) is 0 Å². The summed E-state index contributed by atoms with van der Waals surface area (Å²) in [6, 6.07) is 8.18. The minimum absolute atomic E-state index is 0.327. The van der Waals surface area contributed by atoms with Crippen LogP contribution in [0.5, 0.6) is 0 Å². The minimum atomic E-state index is 0.327. The van der Waals surface area contributed by atoms with Crippen LogP contribution in [0.4, 0.5) is 5.69 Å². The number of nitrogens with two attached hydrogens (primary N) is 1. The van der Waals surface area contributed by atoms with Crippen molar-refractivity contribution in [3.63, 3.8) is 0 Å². The molecule has 1 rings (SSSR count). The molecule has 0 saturated carbocycles. The quantitative estimate of drug-likeness (QED) is 0.710. The van der Waals surface area contributed by atoms with Crippen LogP contribution >= 0.6 is 0 Å². The maximum absolute atomic E-state index is 5.67. The third-order valence-corrected chi connectivity index (χ3v) is 3.92. The van der Waals surface area contributed by atoms with Crippen LogP contribution in [-0.4, -0.2) is 12.1 Å². The summed E-state index contributed by atoms with van der Waals surface area (Å²) in [6.07, 6.45) is 4.66. The molecule has 0 heterocycles.